The number of hydrogen-bond acceptors (Lipinski definition) is 6. The number of methoxy groups -OCH3 is 1. The zero-order chi connectivity index (χ0) is 20.0. The van der Waals surface area contributed by atoms with Gasteiger partial charge in [0, 0.05) is 0 Å². The van der Waals surface area contributed by atoms with Crippen LogP contribution in [0.3, 0.4) is 0 Å². The Hall–Kier alpha value is -3.36. The fourth-order valence-electron chi connectivity index (χ4n) is 2.29. The molecule has 9 heteroatoms. The maximum Gasteiger partial charge on any atom is 0.357 e. The molecule has 1 aromatic carbocycles. The Morgan fingerprint density at radius 3 is 2.56 bits per heavy atom. The molecule has 0 radical (unpaired) electrons. The number of benzene rings is 1. The molecule has 0 aliphatic heterocycles. The first kappa shape index (κ1) is 20.0. The van der Waals surface area contributed by atoms with Gasteiger partial charge in [-0.05, 0) is 36.1 Å². The van der Waals surface area contributed by atoms with Gasteiger partial charge in [-0.1, -0.05) is 26.0 Å². The molecule has 9 nitrogen and oxygen atoms in total. The van der Waals surface area contributed by atoms with Crippen LogP contribution in [0, 0.1) is 16.0 Å². The molecular weight excluding hydrogens is 354 g/mol. The molecule has 0 saturated carbocycles. The quantitative estimate of drug-likeness (QED) is 0.539. The third-order valence-electron chi connectivity index (χ3n) is 3.71. The predicted octanol–water partition coefficient (Wildman–Crippen LogP) is 2.58. The zero-order valence-corrected chi connectivity index (χ0v) is 15.3. The van der Waals surface area contributed by atoms with E-state index in [-0.39, 0.29) is 5.69 Å². The monoisotopic (exact) mass is 375 g/mol. The van der Waals surface area contributed by atoms with Crippen LogP contribution < -0.4 is 20.7 Å². The lowest BCUT2D eigenvalue weighted by Crippen LogP contribution is -2.25. The van der Waals surface area contributed by atoms with E-state index in [1.54, 1.807) is 18.2 Å². The third-order valence-corrected chi connectivity index (χ3v) is 3.71. The topological polar surface area (TPSA) is 127 Å². The van der Waals surface area contributed by atoms with Gasteiger partial charge in [-0.25, -0.2) is 4.79 Å². The summed E-state index contributed by atoms with van der Waals surface area (Å²) in [5.41, 5.74) is -2.15. The van der Waals surface area contributed by atoms with Gasteiger partial charge in [0.25, 0.3) is 0 Å². The second-order valence-electron chi connectivity index (χ2n) is 6.20. The van der Waals surface area contributed by atoms with Gasteiger partial charge >= 0.3 is 16.9 Å². The van der Waals surface area contributed by atoms with Crippen molar-refractivity contribution in [2.45, 2.75) is 20.3 Å². The van der Waals surface area contributed by atoms with Crippen molar-refractivity contribution in [1.82, 2.24) is 9.97 Å². The first-order valence-corrected chi connectivity index (χ1v) is 8.31. The fraction of sp³-hybridized carbons (Fsp3) is 0.333. The Kier molecular flexibility index (Phi) is 6.53. The van der Waals surface area contributed by atoms with E-state index in [2.05, 4.69) is 18.8 Å². The molecule has 27 heavy (non-hydrogen) atoms. The normalized spacial score (nSPS) is 11.1. The molecule has 1 heterocycles. The lowest BCUT2D eigenvalue weighted by atomic mass is 10.1. The number of aromatic amines is 2. The number of nitrogens with zero attached hydrogens (tertiary/aromatic N) is 1. The Morgan fingerprint density at radius 2 is 1.93 bits per heavy atom. The van der Waals surface area contributed by atoms with Crippen molar-refractivity contribution in [3.63, 3.8) is 0 Å². The summed E-state index contributed by atoms with van der Waals surface area (Å²) < 4.78 is 11.0. The lowest BCUT2D eigenvalue weighted by molar-refractivity contribution is -0.386. The molecule has 0 unspecified atom stereocenters. The fourth-order valence-corrected chi connectivity index (χ4v) is 2.29. The first-order chi connectivity index (χ1) is 12.8. The molecule has 0 bridgehead atoms. The molecule has 1 aromatic heterocycles. The van der Waals surface area contributed by atoms with E-state index in [0.717, 1.165) is 6.42 Å². The summed E-state index contributed by atoms with van der Waals surface area (Å²) in [4.78, 5) is 37.3. The maximum atomic E-state index is 11.6. The predicted molar refractivity (Wildman–Crippen MR) is 101 cm³/mol. The van der Waals surface area contributed by atoms with Crippen molar-refractivity contribution in [2.24, 2.45) is 5.92 Å². The minimum Gasteiger partial charge on any atom is -0.493 e. The van der Waals surface area contributed by atoms with Gasteiger partial charge in [-0.15, -0.1) is 0 Å². The van der Waals surface area contributed by atoms with Crippen molar-refractivity contribution in [3.05, 3.63) is 60.4 Å². The van der Waals surface area contributed by atoms with E-state index in [0.29, 0.717) is 29.6 Å². The summed E-state index contributed by atoms with van der Waals surface area (Å²) >= 11 is 0. The van der Waals surface area contributed by atoms with E-state index in [1.165, 1.54) is 19.3 Å². The van der Waals surface area contributed by atoms with Gasteiger partial charge in [0.2, 0.25) is 0 Å². The van der Waals surface area contributed by atoms with Gasteiger partial charge in [0.05, 0.1) is 18.6 Å². The van der Waals surface area contributed by atoms with Crippen molar-refractivity contribution < 1.29 is 14.4 Å². The molecule has 0 fully saturated rings. The Balaban J connectivity index is 2.29. The van der Waals surface area contributed by atoms with Crippen LogP contribution in [0.25, 0.3) is 12.2 Å². The minimum atomic E-state index is -1.06. The van der Waals surface area contributed by atoms with E-state index < -0.39 is 21.9 Å². The molecule has 0 aliphatic rings. The van der Waals surface area contributed by atoms with Crippen LogP contribution >= 0.6 is 0 Å². The second kappa shape index (κ2) is 8.84. The molecule has 2 N–H and O–H groups in total. The Morgan fingerprint density at radius 1 is 1.19 bits per heavy atom. The van der Waals surface area contributed by atoms with Crippen molar-refractivity contribution in [1.29, 1.82) is 0 Å². The van der Waals surface area contributed by atoms with Gasteiger partial charge in [-0.2, -0.15) is 0 Å². The first-order valence-electron chi connectivity index (χ1n) is 8.31. The molecule has 144 valence electrons. The highest BCUT2D eigenvalue weighted by Gasteiger charge is 2.18. The van der Waals surface area contributed by atoms with E-state index in [4.69, 9.17) is 9.47 Å². The van der Waals surface area contributed by atoms with Crippen LogP contribution in [0.15, 0.2) is 27.8 Å². The van der Waals surface area contributed by atoms with Crippen LogP contribution in [-0.2, 0) is 0 Å². The highest BCUT2D eigenvalue weighted by Crippen LogP contribution is 2.29. The van der Waals surface area contributed by atoms with Gasteiger partial charge < -0.3 is 14.5 Å². The minimum absolute atomic E-state index is 0.190. The summed E-state index contributed by atoms with van der Waals surface area (Å²) in [6.07, 6.45) is 3.73. The van der Waals surface area contributed by atoms with Crippen LogP contribution in [0.4, 0.5) is 5.69 Å². The summed E-state index contributed by atoms with van der Waals surface area (Å²) in [5.74, 6) is 1.62. The number of rotatable bonds is 8. The van der Waals surface area contributed by atoms with Gasteiger partial charge in [0.15, 0.2) is 11.5 Å². The van der Waals surface area contributed by atoms with Crippen molar-refractivity contribution in [3.8, 4) is 11.5 Å². The molecule has 0 spiro atoms. The number of nitrogens with one attached hydrogen (secondary N) is 2. The average molecular weight is 375 g/mol. The summed E-state index contributed by atoms with van der Waals surface area (Å²) in [7, 11) is 1.51. The summed E-state index contributed by atoms with van der Waals surface area (Å²) in [6, 6.07) is 5.16. The summed E-state index contributed by atoms with van der Waals surface area (Å²) in [5, 5.41) is 11.1. The van der Waals surface area contributed by atoms with Gasteiger partial charge in [-0.3, -0.25) is 19.9 Å². The maximum absolute atomic E-state index is 11.6. The number of ether oxygens (including phenoxy) is 2. The average Bonchev–Trinajstić information content (AvgIpc) is 2.59. The molecule has 0 atom stereocenters. The number of nitro groups is 1. The van der Waals surface area contributed by atoms with E-state index in [9.17, 15) is 19.7 Å². The highest BCUT2D eigenvalue weighted by molar-refractivity contribution is 5.72. The van der Waals surface area contributed by atoms with Crippen LogP contribution in [0.1, 0.15) is 31.5 Å². The molecule has 2 aromatic rings. The SMILES string of the molecule is COc1cc(C=Cc2[nH]c(=O)[nH]c(=O)c2[N+](=O)[O-])ccc1OCCC(C)C. The Bertz CT molecular complexity index is 958. The number of aromatic nitrogens is 2. The molecule has 0 saturated heterocycles. The molecular formula is C18H21N3O6. The molecule has 0 aliphatic carbocycles. The summed E-state index contributed by atoms with van der Waals surface area (Å²) in [6.45, 7) is 4.77. The standard InChI is InChI=1S/C18H21N3O6/c1-11(2)8-9-27-14-7-5-12(10-15(14)26-3)4-6-13-16(21(24)25)17(22)20-18(23)19-13/h4-7,10-11H,8-9H2,1-3H3,(H2,19,20,22,23). The number of H-pyrrole nitrogens is 2. The van der Waals surface area contributed by atoms with Crippen LogP contribution in [0.2, 0.25) is 0 Å². The largest absolute Gasteiger partial charge is 0.493 e. The van der Waals surface area contributed by atoms with E-state index in [1.807, 2.05) is 4.98 Å². The van der Waals surface area contributed by atoms with Crippen molar-refractivity contribution >= 4 is 17.8 Å². The van der Waals surface area contributed by atoms with E-state index >= 15 is 0 Å². The Labute approximate surface area is 154 Å². The second-order valence-corrected chi connectivity index (χ2v) is 6.20. The van der Waals surface area contributed by atoms with Gasteiger partial charge in [0.1, 0.15) is 5.69 Å². The third kappa shape index (κ3) is 5.30. The molecule has 2 rings (SSSR count). The molecule has 0 amide bonds. The van der Waals surface area contributed by atoms with Crippen LogP contribution in [-0.4, -0.2) is 28.6 Å². The van der Waals surface area contributed by atoms with Crippen molar-refractivity contribution in [2.75, 3.05) is 13.7 Å². The van der Waals surface area contributed by atoms with Crippen LogP contribution in [0.5, 0.6) is 11.5 Å². The highest BCUT2D eigenvalue weighted by atomic mass is 16.6. The zero-order valence-electron chi connectivity index (χ0n) is 15.3. The lowest BCUT2D eigenvalue weighted by Gasteiger charge is -2.12. The number of hydrogen-bond donors (Lipinski definition) is 2. The smallest absolute Gasteiger partial charge is 0.357 e.